The maximum absolute atomic E-state index is 5.93. The monoisotopic (exact) mass is 286 g/mol. The highest BCUT2D eigenvalue weighted by Gasteiger charge is 2.06. The van der Waals surface area contributed by atoms with Crippen molar-refractivity contribution >= 4 is 0 Å². The summed E-state index contributed by atoms with van der Waals surface area (Å²) in [5.74, 6) is 2.27. The second-order valence-corrected chi connectivity index (χ2v) is 4.66. The highest BCUT2D eigenvalue weighted by Crippen LogP contribution is 2.31. The minimum Gasteiger partial charge on any atom is -0.490 e. The summed E-state index contributed by atoms with van der Waals surface area (Å²) >= 11 is 0. The zero-order valence-electron chi connectivity index (χ0n) is 12.6. The van der Waals surface area contributed by atoms with Gasteiger partial charge in [0.25, 0.3) is 0 Å². The second-order valence-electron chi connectivity index (χ2n) is 4.66. The normalized spacial score (nSPS) is 10.4. The van der Waals surface area contributed by atoms with Crippen LogP contribution in [-0.2, 0) is 6.54 Å². The number of pyridine rings is 1. The third-order valence-electron chi connectivity index (χ3n) is 2.88. The van der Waals surface area contributed by atoms with Crippen LogP contribution in [-0.4, -0.2) is 18.1 Å². The van der Waals surface area contributed by atoms with E-state index in [1.165, 1.54) is 0 Å². The highest BCUT2D eigenvalue weighted by molar-refractivity contribution is 5.42. The third-order valence-corrected chi connectivity index (χ3v) is 2.88. The lowest BCUT2D eigenvalue weighted by Crippen LogP contribution is -2.12. The van der Waals surface area contributed by atoms with Crippen LogP contribution in [0.25, 0.3) is 0 Å². The van der Waals surface area contributed by atoms with E-state index in [9.17, 15) is 0 Å². The van der Waals surface area contributed by atoms with Crippen LogP contribution in [0, 0.1) is 0 Å². The Hall–Kier alpha value is -2.07. The molecule has 1 heterocycles. The fourth-order valence-electron chi connectivity index (χ4n) is 1.86. The van der Waals surface area contributed by atoms with Crippen molar-refractivity contribution in [2.45, 2.75) is 26.8 Å². The second kappa shape index (κ2) is 8.27. The molecule has 0 amide bonds. The molecule has 1 aromatic carbocycles. The molecule has 0 aliphatic rings. The van der Waals surface area contributed by atoms with Crippen LogP contribution in [0.1, 0.15) is 26.0 Å². The van der Waals surface area contributed by atoms with Crippen molar-refractivity contribution in [3.05, 3.63) is 48.3 Å². The summed E-state index contributed by atoms with van der Waals surface area (Å²) in [5, 5.41) is 3.25. The Balaban J connectivity index is 2.10. The molecule has 0 radical (unpaired) electrons. The molecule has 0 unspecified atom stereocenters. The molecule has 4 nitrogen and oxygen atoms in total. The van der Waals surface area contributed by atoms with Crippen LogP contribution in [0.2, 0.25) is 0 Å². The van der Waals surface area contributed by atoms with Gasteiger partial charge in [-0.15, -0.1) is 0 Å². The molecule has 0 aliphatic carbocycles. The molecular formula is C17H22N2O2. The molecule has 0 atom stereocenters. The summed E-state index contributed by atoms with van der Waals surface area (Å²) in [6.07, 6.45) is 2.73. The molecule has 21 heavy (non-hydrogen) atoms. The van der Waals surface area contributed by atoms with Crippen LogP contribution >= 0.6 is 0 Å². The number of aromatic nitrogens is 1. The van der Waals surface area contributed by atoms with Gasteiger partial charge in [0, 0.05) is 18.8 Å². The van der Waals surface area contributed by atoms with Crippen molar-refractivity contribution in [2.75, 3.05) is 13.2 Å². The van der Waals surface area contributed by atoms with Crippen LogP contribution in [0.3, 0.4) is 0 Å². The van der Waals surface area contributed by atoms with Gasteiger partial charge in [-0.1, -0.05) is 26.0 Å². The predicted molar refractivity (Wildman–Crippen MR) is 83.9 cm³/mol. The fourth-order valence-corrected chi connectivity index (χ4v) is 1.86. The molecule has 2 rings (SSSR count). The lowest BCUT2D eigenvalue weighted by atomic mass is 10.3. The van der Waals surface area contributed by atoms with Gasteiger partial charge in [-0.3, -0.25) is 4.98 Å². The van der Waals surface area contributed by atoms with Gasteiger partial charge in [0.15, 0.2) is 11.5 Å². The summed E-state index contributed by atoms with van der Waals surface area (Å²) in [5.41, 5.74) is 0.960. The third kappa shape index (κ3) is 4.76. The van der Waals surface area contributed by atoms with Gasteiger partial charge < -0.3 is 14.8 Å². The molecule has 4 heteroatoms. The lowest BCUT2D eigenvalue weighted by molar-refractivity contribution is 0.302. The van der Waals surface area contributed by atoms with E-state index in [0.29, 0.717) is 6.61 Å². The summed E-state index contributed by atoms with van der Waals surface area (Å²) in [4.78, 5) is 4.32. The predicted octanol–water partition coefficient (Wildman–Crippen LogP) is 3.77. The Morgan fingerprint density at radius 3 is 2.67 bits per heavy atom. The van der Waals surface area contributed by atoms with Crippen molar-refractivity contribution in [1.82, 2.24) is 10.3 Å². The van der Waals surface area contributed by atoms with Crippen molar-refractivity contribution in [3.63, 3.8) is 0 Å². The average molecular weight is 286 g/mol. The number of nitrogens with one attached hydrogen (secondary N) is 1. The van der Waals surface area contributed by atoms with Gasteiger partial charge in [-0.25, -0.2) is 0 Å². The molecule has 0 fully saturated rings. The number of hydrogen-bond donors (Lipinski definition) is 1. The molecule has 0 bridgehead atoms. The molecule has 0 spiro atoms. The van der Waals surface area contributed by atoms with Gasteiger partial charge in [-0.05, 0) is 31.2 Å². The summed E-state index contributed by atoms with van der Waals surface area (Å²) in [6.45, 7) is 6.49. The molecule has 0 aliphatic heterocycles. The summed E-state index contributed by atoms with van der Waals surface area (Å²) in [7, 11) is 0. The largest absolute Gasteiger partial charge is 0.490 e. The molecule has 1 N–H and O–H groups in total. The van der Waals surface area contributed by atoms with Crippen LogP contribution in [0.15, 0.2) is 42.6 Å². The Morgan fingerprint density at radius 1 is 1.10 bits per heavy atom. The number of hydrogen-bond acceptors (Lipinski definition) is 4. The number of rotatable bonds is 8. The molecule has 112 valence electrons. The van der Waals surface area contributed by atoms with E-state index in [1.807, 2.05) is 36.4 Å². The van der Waals surface area contributed by atoms with E-state index in [1.54, 1.807) is 6.20 Å². The first kappa shape index (κ1) is 15.3. The number of nitrogens with zero attached hydrogens (tertiary/aromatic N) is 1. The summed E-state index contributed by atoms with van der Waals surface area (Å²) in [6, 6.07) is 11.5. The van der Waals surface area contributed by atoms with Crippen LogP contribution < -0.4 is 14.8 Å². The molecule has 0 saturated heterocycles. The van der Waals surface area contributed by atoms with E-state index in [2.05, 4.69) is 24.1 Å². The Bertz CT molecular complexity index is 558. The van der Waals surface area contributed by atoms with Gasteiger partial charge in [0.05, 0.1) is 12.3 Å². The van der Waals surface area contributed by atoms with E-state index in [0.717, 1.165) is 42.5 Å². The first-order valence-corrected chi connectivity index (χ1v) is 7.38. The van der Waals surface area contributed by atoms with Gasteiger partial charge in [0.2, 0.25) is 0 Å². The smallest absolute Gasteiger partial charge is 0.169 e. The zero-order valence-corrected chi connectivity index (χ0v) is 12.6. The lowest BCUT2D eigenvalue weighted by Gasteiger charge is -2.12. The van der Waals surface area contributed by atoms with Crippen molar-refractivity contribution in [1.29, 1.82) is 0 Å². The van der Waals surface area contributed by atoms with E-state index in [4.69, 9.17) is 9.47 Å². The number of ether oxygens (including phenoxy) is 2. The Morgan fingerprint density at radius 2 is 1.90 bits per heavy atom. The maximum Gasteiger partial charge on any atom is 0.169 e. The van der Waals surface area contributed by atoms with Crippen LogP contribution in [0.4, 0.5) is 0 Å². The average Bonchev–Trinajstić information content (AvgIpc) is 2.52. The molecular weight excluding hydrogens is 264 g/mol. The van der Waals surface area contributed by atoms with Gasteiger partial charge in [0.1, 0.15) is 5.75 Å². The Kier molecular flexibility index (Phi) is 6.03. The topological polar surface area (TPSA) is 43.4 Å². The summed E-state index contributed by atoms with van der Waals surface area (Å²) < 4.78 is 11.6. The zero-order chi connectivity index (χ0) is 14.9. The van der Waals surface area contributed by atoms with Crippen molar-refractivity contribution in [3.8, 4) is 17.2 Å². The quantitative estimate of drug-likeness (QED) is 0.802. The molecule has 0 saturated carbocycles. The maximum atomic E-state index is 5.93. The first-order chi connectivity index (χ1) is 10.3. The van der Waals surface area contributed by atoms with E-state index in [-0.39, 0.29) is 0 Å². The number of benzene rings is 1. The van der Waals surface area contributed by atoms with Gasteiger partial charge in [-0.2, -0.15) is 0 Å². The van der Waals surface area contributed by atoms with Crippen molar-refractivity contribution in [2.24, 2.45) is 0 Å². The molecule has 1 aromatic heterocycles. The minimum absolute atomic E-state index is 0.683. The number of para-hydroxylation sites is 2. The highest BCUT2D eigenvalue weighted by atomic mass is 16.5. The fraction of sp³-hybridized carbons (Fsp3) is 0.353. The van der Waals surface area contributed by atoms with Gasteiger partial charge >= 0.3 is 0 Å². The minimum atomic E-state index is 0.683. The van der Waals surface area contributed by atoms with Crippen molar-refractivity contribution < 1.29 is 9.47 Å². The van der Waals surface area contributed by atoms with Crippen LogP contribution in [0.5, 0.6) is 17.2 Å². The van der Waals surface area contributed by atoms with E-state index >= 15 is 0 Å². The molecule has 2 aromatic rings. The SMILES string of the molecule is CCCOc1ccccc1Oc1ccnc(CNCC)c1. The first-order valence-electron chi connectivity index (χ1n) is 7.38. The standard InChI is InChI=1S/C17H22N2O2/c1-3-11-20-16-7-5-6-8-17(16)21-15-9-10-19-14(12-15)13-18-4-2/h5-10,12,18H,3-4,11,13H2,1-2H3. The Labute approximate surface area is 126 Å². The van der Waals surface area contributed by atoms with E-state index < -0.39 is 0 Å².